The van der Waals surface area contributed by atoms with Crippen molar-refractivity contribution in [2.45, 2.75) is 31.7 Å². The Morgan fingerprint density at radius 2 is 1.58 bits per heavy atom. The van der Waals surface area contributed by atoms with E-state index in [0.717, 1.165) is 18.4 Å². The van der Waals surface area contributed by atoms with Crippen molar-refractivity contribution in [1.29, 1.82) is 0 Å². The topological polar surface area (TPSA) is 29.5 Å². The van der Waals surface area contributed by atoms with Gasteiger partial charge in [0, 0.05) is 26.3 Å². The summed E-state index contributed by atoms with van der Waals surface area (Å²) in [6.45, 7) is 4.71. The van der Waals surface area contributed by atoms with Crippen molar-refractivity contribution < 1.29 is 9.53 Å². The molecule has 3 nitrogen and oxygen atoms in total. The highest BCUT2D eigenvalue weighted by molar-refractivity contribution is 5.88. The van der Waals surface area contributed by atoms with Crippen molar-refractivity contribution in [3.05, 3.63) is 71.8 Å². The van der Waals surface area contributed by atoms with E-state index in [1.807, 2.05) is 41.3 Å². The van der Waals surface area contributed by atoms with Gasteiger partial charge in [0.1, 0.15) is 0 Å². The van der Waals surface area contributed by atoms with E-state index < -0.39 is 5.41 Å². The molecule has 1 saturated heterocycles. The van der Waals surface area contributed by atoms with Crippen LogP contribution in [-0.2, 0) is 21.5 Å². The molecule has 1 fully saturated rings. The Morgan fingerprint density at radius 1 is 1.00 bits per heavy atom. The van der Waals surface area contributed by atoms with E-state index in [1.54, 1.807) is 0 Å². The minimum Gasteiger partial charge on any atom is -0.381 e. The van der Waals surface area contributed by atoms with Gasteiger partial charge >= 0.3 is 0 Å². The number of carbonyl (C=O) groups is 1. The Bertz CT molecular complexity index is 648. The molecular formula is C21H25NO2. The quantitative estimate of drug-likeness (QED) is 0.838. The van der Waals surface area contributed by atoms with Gasteiger partial charge in [-0.3, -0.25) is 4.79 Å². The molecule has 1 aliphatic rings. The summed E-state index contributed by atoms with van der Waals surface area (Å²) >= 11 is 0. The van der Waals surface area contributed by atoms with Gasteiger partial charge in [-0.25, -0.2) is 0 Å². The second kappa shape index (κ2) is 7.63. The van der Waals surface area contributed by atoms with E-state index >= 15 is 0 Å². The molecule has 3 heteroatoms. The lowest BCUT2D eigenvalue weighted by molar-refractivity contribution is -0.141. The monoisotopic (exact) mass is 323 g/mol. The largest absolute Gasteiger partial charge is 0.381 e. The number of amides is 1. The van der Waals surface area contributed by atoms with E-state index in [-0.39, 0.29) is 5.91 Å². The summed E-state index contributed by atoms with van der Waals surface area (Å²) in [6.07, 6.45) is 1.50. The number of rotatable bonds is 5. The van der Waals surface area contributed by atoms with Crippen LogP contribution in [0, 0.1) is 0 Å². The molecular weight excluding hydrogens is 298 g/mol. The molecule has 1 amide bonds. The van der Waals surface area contributed by atoms with Gasteiger partial charge in [0.2, 0.25) is 5.91 Å². The lowest BCUT2D eigenvalue weighted by Crippen LogP contribution is -2.49. The van der Waals surface area contributed by atoms with Gasteiger partial charge in [-0.1, -0.05) is 60.7 Å². The van der Waals surface area contributed by atoms with Gasteiger partial charge in [0.25, 0.3) is 0 Å². The summed E-state index contributed by atoms with van der Waals surface area (Å²) in [6, 6.07) is 20.4. The van der Waals surface area contributed by atoms with Crippen LogP contribution in [-0.4, -0.2) is 30.6 Å². The second-order valence-corrected chi connectivity index (χ2v) is 6.37. The first-order valence-electron chi connectivity index (χ1n) is 8.73. The molecule has 0 unspecified atom stereocenters. The minimum atomic E-state index is -0.454. The zero-order chi connectivity index (χ0) is 16.8. The van der Waals surface area contributed by atoms with Gasteiger partial charge in [-0.2, -0.15) is 0 Å². The maximum absolute atomic E-state index is 13.5. The first kappa shape index (κ1) is 16.7. The molecule has 3 rings (SSSR count). The molecule has 0 aromatic heterocycles. The molecule has 24 heavy (non-hydrogen) atoms. The van der Waals surface area contributed by atoms with Crippen LogP contribution in [0.2, 0.25) is 0 Å². The van der Waals surface area contributed by atoms with Crippen LogP contribution in [0.15, 0.2) is 60.7 Å². The highest BCUT2D eigenvalue weighted by Gasteiger charge is 2.43. The molecule has 126 valence electrons. The average molecular weight is 323 g/mol. The van der Waals surface area contributed by atoms with Gasteiger partial charge in [0.15, 0.2) is 0 Å². The van der Waals surface area contributed by atoms with E-state index in [1.165, 1.54) is 5.56 Å². The van der Waals surface area contributed by atoms with Crippen molar-refractivity contribution >= 4 is 5.91 Å². The van der Waals surface area contributed by atoms with Crippen molar-refractivity contribution in [2.24, 2.45) is 0 Å². The number of nitrogens with zero attached hydrogens (tertiary/aromatic N) is 1. The fraction of sp³-hybridized carbons (Fsp3) is 0.381. The van der Waals surface area contributed by atoms with Gasteiger partial charge in [0.05, 0.1) is 5.41 Å². The Balaban J connectivity index is 1.90. The summed E-state index contributed by atoms with van der Waals surface area (Å²) in [7, 11) is 0. The van der Waals surface area contributed by atoms with Gasteiger partial charge in [-0.15, -0.1) is 0 Å². The highest BCUT2D eigenvalue weighted by Crippen LogP contribution is 2.37. The highest BCUT2D eigenvalue weighted by atomic mass is 16.5. The Hall–Kier alpha value is -2.13. The summed E-state index contributed by atoms with van der Waals surface area (Å²) < 4.78 is 5.56. The first-order chi connectivity index (χ1) is 11.8. The lowest BCUT2D eigenvalue weighted by atomic mass is 9.73. The van der Waals surface area contributed by atoms with Crippen LogP contribution in [0.1, 0.15) is 30.9 Å². The number of hydrogen-bond acceptors (Lipinski definition) is 2. The van der Waals surface area contributed by atoms with Gasteiger partial charge in [-0.05, 0) is 30.9 Å². The number of hydrogen-bond donors (Lipinski definition) is 0. The predicted octanol–water partition coefficient (Wildman–Crippen LogP) is 3.78. The van der Waals surface area contributed by atoms with E-state index in [2.05, 4.69) is 31.2 Å². The third-order valence-electron chi connectivity index (χ3n) is 4.97. The van der Waals surface area contributed by atoms with Crippen molar-refractivity contribution in [3.63, 3.8) is 0 Å². The third-order valence-corrected chi connectivity index (χ3v) is 4.97. The standard InChI is InChI=1S/C21H25NO2/c1-2-22(17-18-9-5-3-6-10-18)20(23)21(13-15-24-16-14-21)19-11-7-4-8-12-19/h3-12H,2,13-17H2,1H3. The second-order valence-electron chi connectivity index (χ2n) is 6.37. The Labute approximate surface area is 144 Å². The molecule has 0 atom stereocenters. The van der Waals surface area contributed by atoms with Crippen LogP contribution in [0.3, 0.4) is 0 Å². The van der Waals surface area contributed by atoms with Crippen LogP contribution in [0.25, 0.3) is 0 Å². The normalized spacial score (nSPS) is 16.5. The van der Waals surface area contributed by atoms with Crippen LogP contribution < -0.4 is 0 Å². The van der Waals surface area contributed by atoms with Crippen LogP contribution >= 0.6 is 0 Å². The molecule has 0 bridgehead atoms. The Kier molecular flexibility index (Phi) is 5.31. The predicted molar refractivity (Wildman–Crippen MR) is 95.7 cm³/mol. The average Bonchev–Trinajstić information content (AvgIpc) is 2.67. The van der Waals surface area contributed by atoms with E-state index in [4.69, 9.17) is 4.74 Å². The third kappa shape index (κ3) is 3.36. The summed E-state index contributed by atoms with van der Waals surface area (Å²) in [5.41, 5.74) is 1.83. The van der Waals surface area contributed by atoms with E-state index in [0.29, 0.717) is 26.3 Å². The Morgan fingerprint density at radius 3 is 2.17 bits per heavy atom. The fourth-order valence-electron chi connectivity index (χ4n) is 3.54. The van der Waals surface area contributed by atoms with Gasteiger partial charge < -0.3 is 9.64 Å². The first-order valence-corrected chi connectivity index (χ1v) is 8.73. The lowest BCUT2D eigenvalue weighted by Gasteiger charge is -2.40. The number of benzene rings is 2. The fourth-order valence-corrected chi connectivity index (χ4v) is 3.54. The molecule has 0 aliphatic carbocycles. The number of ether oxygens (including phenoxy) is 1. The molecule has 2 aromatic carbocycles. The van der Waals surface area contributed by atoms with E-state index in [9.17, 15) is 4.79 Å². The summed E-state index contributed by atoms with van der Waals surface area (Å²) in [4.78, 5) is 15.5. The molecule has 1 aliphatic heterocycles. The van der Waals surface area contributed by atoms with Crippen molar-refractivity contribution in [3.8, 4) is 0 Å². The molecule has 1 heterocycles. The zero-order valence-electron chi connectivity index (χ0n) is 14.3. The smallest absolute Gasteiger partial charge is 0.233 e. The maximum atomic E-state index is 13.5. The molecule has 0 N–H and O–H groups in total. The van der Waals surface area contributed by atoms with Crippen molar-refractivity contribution in [2.75, 3.05) is 19.8 Å². The van der Waals surface area contributed by atoms with Crippen LogP contribution in [0.5, 0.6) is 0 Å². The SMILES string of the molecule is CCN(Cc1ccccc1)C(=O)C1(c2ccccc2)CCOCC1. The number of likely N-dealkylation sites (N-methyl/N-ethyl adjacent to an activating group) is 1. The molecule has 0 radical (unpaired) electrons. The summed E-state index contributed by atoms with van der Waals surface area (Å²) in [5.74, 6) is 0.225. The van der Waals surface area contributed by atoms with Crippen molar-refractivity contribution in [1.82, 2.24) is 4.90 Å². The molecule has 0 saturated carbocycles. The van der Waals surface area contributed by atoms with Crippen LogP contribution in [0.4, 0.5) is 0 Å². The summed E-state index contributed by atoms with van der Waals surface area (Å²) in [5, 5.41) is 0. The zero-order valence-corrected chi connectivity index (χ0v) is 14.3. The molecule has 2 aromatic rings. The molecule has 0 spiro atoms. The minimum absolute atomic E-state index is 0.225. The maximum Gasteiger partial charge on any atom is 0.233 e. The number of carbonyl (C=O) groups excluding carboxylic acids is 1.